The molecule has 19 rings (SSSR count). The number of hydrogen-bond donors (Lipinski definition) is 0. The maximum atomic E-state index is 11.2. The third-order valence-electron chi connectivity index (χ3n) is 23.8. The highest BCUT2D eigenvalue weighted by Gasteiger charge is 2.40. The van der Waals surface area contributed by atoms with E-state index in [0.29, 0.717) is 22.5 Å². The lowest BCUT2D eigenvalue weighted by Crippen LogP contribution is -2.30. The van der Waals surface area contributed by atoms with Crippen molar-refractivity contribution < 1.29 is 0 Å². The van der Waals surface area contributed by atoms with Gasteiger partial charge in [-0.3, -0.25) is 0 Å². The number of rotatable bonds is 10. The first-order valence-electron chi connectivity index (χ1n) is 39.7. The molecule has 0 aromatic heterocycles. The molecule has 0 radical (unpaired) electrons. The monoisotopic (exact) mass is 1640 g/mol. The van der Waals surface area contributed by atoms with Crippen LogP contribution in [-0.4, -0.2) is 0 Å². The molecule has 0 spiro atoms. The number of anilines is 6. The second-order valence-electron chi connectivity index (χ2n) is 31.6. The molecule has 6 nitrogen and oxygen atoms in total. The number of halogens is 2. The van der Waals surface area contributed by atoms with Crippen LogP contribution < -0.4 is 9.80 Å². The van der Waals surface area contributed by atoms with Crippen LogP contribution >= 0.6 is 31.9 Å². The quantitative estimate of drug-likeness (QED) is 0.128. The topological polar surface area (TPSA) is 62.8 Å². The fourth-order valence-corrected chi connectivity index (χ4v) is 18.8. The van der Waals surface area contributed by atoms with Gasteiger partial charge in [-0.25, -0.2) is 9.69 Å². The van der Waals surface area contributed by atoms with Gasteiger partial charge >= 0.3 is 0 Å². The van der Waals surface area contributed by atoms with Crippen LogP contribution in [0.4, 0.5) is 45.5 Å². The molecule has 0 amide bonds. The molecular formula is C110H80Br2N6. The number of benzene rings is 16. The fourth-order valence-electron chi connectivity index (χ4n) is 18.2. The third kappa shape index (κ3) is 13.7. The molecule has 564 valence electrons. The van der Waals surface area contributed by atoms with E-state index in [1.165, 1.54) is 44.5 Å². The van der Waals surface area contributed by atoms with E-state index in [4.69, 9.17) is 13.1 Å². The smallest absolute Gasteiger partial charge is 0.213 e. The summed E-state index contributed by atoms with van der Waals surface area (Å²) < 4.78 is 1.94. The normalized spacial score (nSPS) is 13.2. The molecule has 16 aromatic rings. The average molecular weight is 1650 g/mol. The molecule has 0 saturated heterocycles. The van der Waals surface area contributed by atoms with E-state index >= 15 is 0 Å². The van der Waals surface area contributed by atoms with Crippen molar-refractivity contribution in [3.05, 3.63) is 451 Å². The Morgan fingerprint density at radius 1 is 0.263 bits per heavy atom. The molecule has 0 saturated carbocycles. The maximum absolute atomic E-state index is 11.2. The molecule has 0 atom stereocenters. The van der Waals surface area contributed by atoms with Crippen molar-refractivity contribution in [3.63, 3.8) is 0 Å². The first-order chi connectivity index (χ1) is 57.5. The van der Waals surface area contributed by atoms with Crippen LogP contribution in [0.15, 0.2) is 373 Å². The van der Waals surface area contributed by atoms with Crippen LogP contribution in [0.1, 0.15) is 97.2 Å². The van der Waals surface area contributed by atoms with Crippen molar-refractivity contribution >= 4 is 77.4 Å². The average Bonchev–Trinajstić information content (AvgIpc) is 0.731. The summed E-state index contributed by atoms with van der Waals surface area (Å²) in [6.07, 6.45) is 1.08. The first-order valence-corrected chi connectivity index (χ1v) is 41.2. The SMILES string of the molecule is CC1(C)c2ccccc2Cc2ccccc21.[C-]#[N+]c1c(C#N)c(-c2ccccc2)c(-c2ccc(Br)cc2)c(-c2ccc(Br)cc2)c1-c1ccccc1.[C-]#[N+]c1c(C#N)c(-c2ccccc2)c(-c2ccc(N3c4ccccc4C(C)(C)c4ccccc43)cc2)c(-c2ccc(N3c4ccccc4C(C)(C)c4ccccc43)cc2)c1-c1ccccc1. The largest absolute Gasteiger partial charge is 0.310 e. The lowest BCUT2D eigenvalue weighted by atomic mass is 9.69. The first kappa shape index (κ1) is 76.7. The summed E-state index contributed by atoms with van der Waals surface area (Å²) in [6, 6.07) is 131. The number of nitriles is 2. The Labute approximate surface area is 709 Å². The number of fused-ring (bicyclic) bond motifs is 6. The predicted octanol–water partition coefficient (Wildman–Crippen LogP) is 31.2. The highest BCUT2D eigenvalue weighted by Crippen LogP contribution is 2.59. The number of hydrogen-bond acceptors (Lipinski definition) is 4. The van der Waals surface area contributed by atoms with Crippen molar-refractivity contribution in [2.45, 2.75) is 64.2 Å². The lowest BCUT2D eigenvalue weighted by Gasteiger charge is -2.42. The van der Waals surface area contributed by atoms with Crippen molar-refractivity contribution in [2.75, 3.05) is 9.80 Å². The van der Waals surface area contributed by atoms with Gasteiger partial charge < -0.3 is 9.80 Å². The Balaban J connectivity index is 0.000000158. The molecule has 0 N–H and O–H groups in total. The molecule has 2 heterocycles. The van der Waals surface area contributed by atoms with Crippen LogP contribution in [0.3, 0.4) is 0 Å². The van der Waals surface area contributed by atoms with Crippen LogP contribution in [0.25, 0.3) is 98.7 Å². The van der Waals surface area contributed by atoms with E-state index in [-0.39, 0.29) is 16.2 Å². The van der Waals surface area contributed by atoms with Crippen LogP contribution in [0, 0.1) is 35.8 Å². The zero-order valence-corrected chi connectivity index (χ0v) is 69.5. The van der Waals surface area contributed by atoms with Crippen molar-refractivity contribution in [1.29, 1.82) is 10.5 Å². The summed E-state index contributed by atoms with van der Waals surface area (Å²) in [5, 5.41) is 21.7. The Hall–Kier alpha value is -14.0. The molecule has 0 fully saturated rings. The van der Waals surface area contributed by atoms with E-state index < -0.39 is 0 Å². The Bertz CT molecular complexity index is 6200. The van der Waals surface area contributed by atoms with E-state index in [1.54, 1.807) is 0 Å². The number of para-hydroxylation sites is 4. The highest BCUT2D eigenvalue weighted by atomic mass is 79.9. The van der Waals surface area contributed by atoms with Gasteiger partial charge in [-0.15, -0.1) is 0 Å². The van der Waals surface area contributed by atoms with Crippen LogP contribution in [0.2, 0.25) is 0 Å². The summed E-state index contributed by atoms with van der Waals surface area (Å²) in [7, 11) is 0. The molecule has 0 unspecified atom stereocenters. The van der Waals surface area contributed by atoms with E-state index in [1.807, 2.05) is 146 Å². The van der Waals surface area contributed by atoms with Gasteiger partial charge in [0.05, 0.1) is 59.2 Å². The minimum Gasteiger partial charge on any atom is -0.310 e. The summed E-state index contributed by atoms with van der Waals surface area (Å²) >= 11 is 7.12. The zero-order chi connectivity index (χ0) is 81.4. The molecule has 2 aliphatic heterocycles. The Morgan fingerprint density at radius 3 is 0.763 bits per heavy atom. The molecular weight excluding hydrogens is 1570 g/mol. The molecule has 8 heteroatoms. The van der Waals surface area contributed by atoms with Gasteiger partial charge in [0.15, 0.2) is 0 Å². The fraction of sp³-hybridized carbons (Fsp3) is 0.0909. The summed E-state index contributed by atoms with van der Waals surface area (Å²) in [6.45, 7) is 30.8. The van der Waals surface area contributed by atoms with E-state index in [0.717, 1.165) is 139 Å². The minimum absolute atomic E-state index is 0.144. The summed E-state index contributed by atoms with van der Waals surface area (Å²) in [5.74, 6) is 0. The summed E-state index contributed by atoms with van der Waals surface area (Å²) in [4.78, 5) is 12.9. The molecule has 16 aromatic carbocycles. The standard InChI is InChI=1S/C62H46N4.C32H18Br2N2.C16H16/c1-61(2)48-24-12-16-28-52(48)65(53-29-17-13-25-49(53)61)45-36-32-43(33-37-45)57-56(41-20-8-6-9-21-41)47(40-63)60(64-5)59(42-22-10-7-11-23-42)58(57)44-34-38-46(39-35-44)66-54-30-18-14-26-50(54)62(3,4)51-27-15-19-31-55(51)66;1-36-32-27(20-35)28(21-8-4-2-5-9-21)29(23-12-16-25(33)17-13-23)30(24-14-18-26(34)19-15-24)31(32)22-10-6-3-7-11-22;1-16(2)14-9-5-3-7-12(14)11-13-8-4-6-10-15(13)16/h6-39H,1-4H3;2-19H;3-10H,11H2,1-2H3. The van der Waals surface area contributed by atoms with E-state index in [2.05, 4.69) is 323 Å². The van der Waals surface area contributed by atoms with Gasteiger partial charge in [0.2, 0.25) is 11.4 Å². The second kappa shape index (κ2) is 32.0. The van der Waals surface area contributed by atoms with Crippen molar-refractivity contribution in [2.24, 2.45) is 0 Å². The van der Waals surface area contributed by atoms with Crippen LogP contribution in [-0.2, 0) is 22.7 Å². The lowest BCUT2D eigenvalue weighted by molar-refractivity contribution is 0.610. The predicted molar refractivity (Wildman–Crippen MR) is 495 cm³/mol. The van der Waals surface area contributed by atoms with Gasteiger partial charge in [0.25, 0.3) is 0 Å². The zero-order valence-electron chi connectivity index (χ0n) is 66.3. The maximum Gasteiger partial charge on any atom is 0.213 e. The van der Waals surface area contributed by atoms with Crippen molar-refractivity contribution in [3.8, 4) is 101 Å². The third-order valence-corrected chi connectivity index (χ3v) is 24.8. The van der Waals surface area contributed by atoms with E-state index in [9.17, 15) is 10.5 Å². The van der Waals surface area contributed by atoms with Crippen LogP contribution in [0.5, 0.6) is 0 Å². The second-order valence-corrected chi connectivity index (χ2v) is 33.4. The Morgan fingerprint density at radius 2 is 0.483 bits per heavy atom. The minimum atomic E-state index is -0.178. The highest BCUT2D eigenvalue weighted by molar-refractivity contribution is 9.10. The molecule has 3 aliphatic rings. The van der Waals surface area contributed by atoms with Gasteiger partial charge in [-0.05, 0) is 213 Å². The molecule has 0 bridgehead atoms. The van der Waals surface area contributed by atoms with Gasteiger partial charge in [-0.1, -0.05) is 365 Å². The summed E-state index contributed by atoms with van der Waals surface area (Å²) in [5.41, 5.74) is 33.0. The molecule has 118 heavy (non-hydrogen) atoms. The molecule has 1 aliphatic carbocycles. The van der Waals surface area contributed by atoms with Gasteiger partial charge in [-0.2, -0.15) is 10.5 Å². The van der Waals surface area contributed by atoms with Gasteiger partial charge in [0.1, 0.15) is 0 Å². The Kier molecular flexibility index (Phi) is 20.8. The van der Waals surface area contributed by atoms with Gasteiger partial charge in [0, 0.05) is 36.6 Å². The van der Waals surface area contributed by atoms with Crippen molar-refractivity contribution in [1.82, 2.24) is 0 Å². The number of nitrogens with zero attached hydrogens (tertiary/aromatic N) is 6.